The van der Waals surface area contributed by atoms with Crippen molar-refractivity contribution in [3.05, 3.63) is 0 Å². The quantitative estimate of drug-likeness (QED) is 0.665. The summed E-state index contributed by atoms with van der Waals surface area (Å²) in [6.07, 6.45) is 5.65. The fourth-order valence-electron chi connectivity index (χ4n) is 4.42. The molecule has 4 bridgehead atoms. The predicted octanol–water partition coefficient (Wildman–Crippen LogP) is 1.46. The van der Waals surface area contributed by atoms with Gasteiger partial charge in [-0.2, -0.15) is 0 Å². The van der Waals surface area contributed by atoms with Crippen molar-refractivity contribution in [2.24, 2.45) is 23.5 Å². The molecule has 84 valence electrons. The predicted molar refractivity (Wildman–Crippen MR) is 56.0 cm³/mol. The maximum Gasteiger partial charge on any atom is 0.303 e. The van der Waals surface area contributed by atoms with Gasteiger partial charge in [-0.25, -0.2) is 0 Å². The van der Waals surface area contributed by atoms with Crippen LogP contribution in [0.15, 0.2) is 0 Å². The summed E-state index contributed by atoms with van der Waals surface area (Å²) in [7, 11) is 0. The van der Waals surface area contributed by atoms with Crippen LogP contribution in [0, 0.1) is 17.8 Å². The summed E-state index contributed by atoms with van der Waals surface area (Å²) in [4.78, 5) is 11.2. The topological polar surface area (TPSA) is 52.3 Å². The van der Waals surface area contributed by atoms with E-state index in [-0.39, 0.29) is 11.6 Å². The number of rotatable bonds is 1. The SMILES string of the molecule is CC(=O)OC12CC3C[C@H](C1)C(N)[C@@H](C3)C2. The van der Waals surface area contributed by atoms with E-state index in [0.29, 0.717) is 17.9 Å². The van der Waals surface area contributed by atoms with E-state index in [0.717, 1.165) is 25.2 Å². The number of carbonyl (C=O) groups is 1. The lowest BCUT2D eigenvalue weighted by molar-refractivity contribution is -0.186. The molecule has 2 N–H and O–H groups in total. The van der Waals surface area contributed by atoms with E-state index in [2.05, 4.69) is 0 Å². The third-order valence-corrected chi connectivity index (χ3v) is 4.65. The van der Waals surface area contributed by atoms with Crippen LogP contribution in [0.4, 0.5) is 0 Å². The molecule has 0 aromatic rings. The van der Waals surface area contributed by atoms with E-state index in [4.69, 9.17) is 10.5 Å². The Morgan fingerprint density at radius 2 is 1.87 bits per heavy atom. The van der Waals surface area contributed by atoms with Crippen LogP contribution in [0.5, 0.6) is 0 Å². The highest BCUT2D eigenvalue weighted by Gasteiger charge is 2.56. The molecule has 3 nitrogen and oxygen atoms in total. The molecule has 4 aliphatic carbocycles. The normalized spacial score (nSPS) is 51.9. The van der Waals surface area contributed by atoms with Gasteiger partial charge < -0.3 is 10.5 Å². The first-order valence-electron chi connectivity index (χ1n) is 6.03. The second-order valence-electron chi connectivity index (χ2n) is 5.82. The van der Waals surface area contributed by atoms with E-state index in [1.54, 1.807) is 0 Å². The molecular formula is C12H19NO2. The highest BCUT2D eigenvalue weighted by atomic mass is 16.6. The molecule has 0 saturated heterocycles. The first kappa shape index (κ1) is 9.64. The van der Waals surface area contributed by atoms with Gasteiger partial charge in [0.05, 0.1) is 0 Å². The fourth-order valence-corrected chi connectivity index (χ4v) is 4.42. The average molecular weight is 209 g/mol. The molecule has 3 heteroatoms. The van der Waals surface area contributed by atoms with Gasteiger partial charge in [0.25, 0.3) is 0 Å². The van der Waals surface area contributed by atoms with Gasteiger partial charge in [0.2, 0.25) is 0 Å². The molecule has 4 saturated carbocycles. The summed E-state index contributed by atoms with van der Waals surface area (Å²) in [6, 6.07) is 0.366. The van der Waals surface area contributed by atoms with Crippen LogP contribution in [0.1, 0.15) is 39.0 Å². The second kappa shape index (κ2) is 2.97. The Labute approximate surface area is 90.4 Å². The van der Waals surface area contributed by atoms with Gasteiger partial charge in [0, 0.05) is 13.0 Å². The zero-order chi connectivity index (χ0) is 10.6. The largest absolute Gasteiger partial charge is 0.459 e. The number of esters is 1. The Bertz CT molecular complexity index is 286. The van der Waals surface area contributed by atoms with E-state index in [1.165, 1.54) is 19.8 Å². The summed E-state index contributed by atoms with van der Waals surface area (Å²) in [5.74, 6) is 1.86. The van der Waals surface area contributed by atoms with Crippen LogP contribution in [-0.2, 0) is 9.53 Å². The molecule has 0 radical (unpaired) electrons. The van der Waals surface area contributed by atoms with Crippen molar-refractivity contribution in [1.82, 2.24) is 0 Å². The Balaban J connectivity index is 1.85. The summed E-state index contributed by atoms with van der Waals surface area (Å²) < 4.78 is 5.60. The van der Waals surface area contributed by atoms with Crippen molar-refractivity contribution in [2.75, 3.05) is 0 Å². The third kappa shape index (κ3) is 1.40. The Morgan fingerprint density at radius 1 is 1.27 bits per heavy atom. The minimum absolute atomic E-state index is 0.120. The zero-order valence-electron chi connectivity index (χ0n) is 9.24. The lowest BCUT2D eigenvalue weighted by atomic mass is 9.52. The number of hydrogen-bond acceptors (Lipinski definition) is 3. The molecule has 0 spiro atoms. The molecule has 4 rings (SSSR count). The van der Waals surface area contributed by atoms with Crippen LogP contribution in [-0.4, -0.2) is 17.6 Å². The molecule has 4 aliphatic rings. The average Bonchev–Trinajstić information content (AvgIpc) is 2.10. The molecule has 0 aliphatic heterocycles. The van der Waals surface area contributed by atoms with E-state index >= 15 is 0 Å². The van der Waals surface area contributed by atoms with Gasteiger partial charge >= 0.3 is 5.97 Å². The summed E-state index contributed by atoms with van der Waals surface area (Å²) in [5, 5.41) is 0. The van der Waals surface area contributed by atoms with Crippen LogP contribution in [0.25, 0.3) is 0 Å². The number of hydrogen-bond donors (Lipinski definition) is 1. The van der Waals surface area contributed by atoms with Crippen LogP contribution < -0.4 is 5.73 Å². The van der Waals surface area contributed by atoms with Crippen LogP contribution in [0.2, 0.25) is 0 Å². The van der Waals surface area contributed by atoms with Crippen molar-refractivity contribution >= 4 is 5.97 Å². The van der Waals surface area contributed by atoms with E-state index < -0.39 is 0 Å². The molecule has 15 heavy (non-hydrogen) atoms. The van der Waals surface area contributed by atoms with Gasteiger partial charge in [0.1, 0.15) is 5.60 Å². The van der Waals surface area contributed by atoms with Crippen molar-refractivity contribution in [3.8, 4) is 0 Å². The minimum atomic E-state index is -0.127. The monoisotopic (exact) mass is 209 g/mol. The Kier molecular flexibility index (Phi) is 1.91. The molecule has 5 atom stereocenters. The highest BCUT2D eigenvalue weighted by molar-refractivity contribution is 5.66. The summed E-state index contributed by atoms with van der Waals surface area (Å²) in [5.41, 5.74) is 6.09. The molecular weight excluding hydrogens is 190 g/mol. The van der Waals surface area contributed by atoms with Crippen molar-refractivity contribution in [1.29, 1.82) is 0 Å². The van der Waals surface area contributed by atoms with E-state index in [9.17, 15) is 4.79 Å². The highest BCUT2D eigenvalue weighted by Crippen LogP contribution is 2.56. The first-order chi connectivity index (χ1) is 7.08. The van der Waals surface area contributed by atoms with Crippen LogP contribution >= 0.6 is 0 Å². The Hall–Kier alpha value is -0.570. The van der Waals surface area contributed by atoms with Gasteiger partial charge in [0.15, 0.2) is 0 Å². The van der Waals surface area contributed by atoms with Gasteiger partial charge in [-0.15, -0.1) is 0 Å². The standard InChI is InChI=1S/C12H19NO2/c1-7(14)15-12-4-8-2-9(5-12)11(13)10(3-8)6-12/h8-11H,2-6,13H2,1H3/t8?,9-,10+,11?,12?. The lowest BCUT2D eigenvalue weighted by Crippen LogP contribution is -2.60. The van der Waals surface area contributed by atoms with Crippen molar-refractivity contribution < 1.29 is 9.53 Å². The maximum atomic E-state index is 11.2. The number of nitrogens with two attached hydrogens (primary N) is 1. The minimum Gasteiger partial charge on any atom is -0.459 e. The number of carbonyl (C=O) groups excluding carboxylic acids is 1. The molecule has 0 heterocycles. The molecule has 0 aromatic heterocycles. The smallest absolute Gasteiger partial charge is 0.303 e. The fraction of sp³-hybridized carbons (Fsp3) is 0.917. The van der Waals surface area contributed by atoms with Crippen molar-refractivity contribution in [3.63, 3.8) is 0 Å². The Morgan fingerprint density at radius 3 is 2.40 bits per heavy atom. The molecule has 3 unspecified atom stereocenters. The van der Waals surface area contributed by atoms with Gasteiger partial charge in [-0.05, 0) is 49.9 Å². The van der Waals surface area contributed by atoms with Crippen LogP contribution in [0.3, 0.4) is 0 Å². The zero-order valence-corrected chi connectivity index (χ0v) is 9.24. The third-order valence-electron chi connectivity index (χ3n) is 4.65. The maximum absolute atomic E-state index is 11.2. The second-order valence-corrected chi connectivity index (χ2v) is 5.82. The molecule has 0 aromatic carbocycles. The van der Waals surface area contributed by atoms with Crippen molar-refractivity contribution in [2.45, 2.75) is 50.7 Å². The summed E-state index contributed by atoms with van der Waals surface area (Å²) in [6.45, 7) is 1.53. The lowest BCUT2D eigenvalue weighted by Gasteiger charge is -2.58. The molecule has 0 amide bonds. The van der Waals surface area contributed by atoms with E-state index in [1.807, 2.05) is 0 Å². The first-order valence-corrected chi connectivity index (χ1v) is 6.03. The molecule has 4 fully saturated rings. The van der Waals surface area contributed by atoms with Gasteiger partial charge in [-0.3, -0.25) is 4.79 Å². The summed E-state index contributed by atoms with van der Waals surface area (Å²) >= 11 is 0. The number of ether oxygens (including phenoxy) is 1. The van der Waals surface area contributed by atoms with Gasteiger partial charge in [-0.1, -0.05) is 0 Å².